The van der Waals surface area contributed by atoms with E-state index in [1.165, 1.54) is 32.1 Å². The van der Waals surface area contributed by atoms with Crippen molar-refractivity contribution in [1.82, 2.24) is 15.5 Å². The van der Waals surface area contributed by atoms with Gasteiger partial charge in [0.1, 0.15) is 0 Å². The first-order valence-corrected chi connectivity index (χ1v) is 9.93. The van der Waals surface area contributed by atoms with Crippen LogP contribution in [0.1, 0.15) is 65.7 Å². The van der Waals surface area contributed by atoms with Gasteiger partial charge in [-0.3, -0.25) is 9.69 Å². The Bertz CT molecular complexity index is 445. The molecule has 0 heterocycles. The number of carbonyl (C=O) groups is 2. The van der Waals surface area contributed by atoms with Crippen LogP contribution in [0, 0.1) is 11.8 Å². The summed E-state index contributed by atoms with van der Waals surface area (Å²) in [6.07, 6.45) is 8.24. The molecule has 2 aliphatic carbocycles. The summed E-state index contributed by atoms with van der Waals surface area (Å²) >= 11 is 0. The van der Waals surface area contributed by atoms with Crippen molar-refractivity contribution in [2.45, 2.75) is 83.8 Å². The number of nitrogens with one attached hydrogen (secondary N) is 2. The lowest BCUT2D eigenvalue weighted by atomic mass is 9.78. The third-order valence-corrected chi connectivity index (χ3v) is 6.25. The van der Waals surface area contributed by atoms with Crippen LogP contribution >= 0.6 is 0 Å². The fraction of sp³-hybridized carbons (Fsp3) is 0.895. The maximum Gasteiger partial charge on any atom is 0.317 e. The van der Waals surface area contributed by atoms with E-state index in [-0.39, 0.29) is 30.7 Å². The van der Waals surface area contributed by atoms with Crippen molar-refractivity contribution < 1.29 is 14.7 Å². The Morgan fingerprint density at radius 1 is 1.16 bits per heavy atom. The zero-order valence-electron chi connectivity index (χ0n) is 16.0. The number of amides is 2. The zero-order valence-corrected chi connectivity index (χ0v) is 16.0. The number of hydrogen-bond donors (Lipinski definition) is 3. The molecule has 0 aromatic carbocycles. The molecule has 25 heavy (non-hydrogen) atoms. The summed E-state index contributed by atoms with van der Waals surface area (Å²) in [5, 5.41) is 15.1. The average Bonchev–Trinajstić information content (AvgIpc) is 2.55. The molecule has 2 fully saturated rings. The largest absolute Gasteiger partial charge is 0.480 e. The molecule has 0 aromatic rings. The molecule has 3 N–H and O–H groups in total. The van der Waals surface area contributed by atoms with E-state index < -0.39 is 5.97 Å². The van der Waals surface area contributed by atoms with Crippen LogP contribution in [0.2, 0.25) is 0 Å². The van der Waals surface area contributed by atoms with Gasteiger partial charge in [-0.05, 0) is 38.1 Å². The number of likely N-dealkylation sites (N-methyl/N-ethyl adjacent to an activating group) is 1. The highest BCUT2D eigenvalue weighted by molar-refractivity contribution is 5.74. The Morgan fingerprint density at radius 2 is 1.80 bits per heavy atom. The van der Waals surface area contributed by atoms with Gasteiger partial charge >= 0.3 is 12.0 Å². The Balaban J connectivity index is 1.68. The number of aliphatic carboxylic acids is 1. The first-order valence-electron chi connectivity index (χ1n) is 9.93. The normalized spacial score (nSPS) is 26.6. The molecule has 0 saturated heterocycles. The van der Waals surface area contributed by atoms with Crippen LogP contribution in [0.5, 0.6) is 0 Å². The Hall–Kier alpha value is -1.30. The first kappa shape index (κ1) is 20.0. The topological polar surface area (TPSA) is 81.7 Å². The van der Waals surface area contributed by atoms with Crippen molar-refractivity contribution in [3.8, 4) is 0 Å². The highest BCUT2D eigenvalue weighted by Crippen LogP contribution is 2.31. The second kappa shape index (κ2) is 9.41. The predicted octanol–water partition coefficient (Wildman–Crippen LogP) is 2.83. The van der Waals surface area contributed by atoms with Crippen LogP contribution in [0.25, 0.3) is 0 Å². The van der Waals surface area contributed by atoms with Gasteiger partial charge in [0.15, 0.2) is 0 Å². The third kappa shape index (κ3) is 5.87. The standard InChI is InChI=1S/C19H35N3O3/c1-4-22(12-18(23)24)17-10-16(11-17)21-19(25)20-14(3)13(2)15-8-6-5-7-9-15/h13-17H,4-12H2,1-3H3,(H,23,24)(H2,20,21,25). The van der Waals surface area contributed by atoms with Gasteiger partial charge in [0.2, 0.25) is 0 Å². The molecular weight excluding hydrogens is 318 g/mol. The van der Waals surface area contributed by atoms with Gasteiger partial charge in [0.25, 0.3) is 0 Å². The van der Waals surface area contributed by atoms with Gasteiger partial charge in [0, 0.05) is 18.1 Å². The van der Waals surface area contributed by atoms with Gasteiger partial charge in [-0.1, -0.05) is 46.0 Å². The van der Waals surface area contributed by atoms with E-state index in [4.69, 9.17) is 5.11 Å². The second-order valence-electron chi connectivity index (χ2n) is 7.94. The number of urea groups is 1. The van der Waals surface area contributed by atoms with Crippen molar-refractivity contribution >= 4 is 12.0 Å². The fourth-order valence-corrected chi connectivity index (χ4v) is 4.31. The van der Waals surface area contributed by atoms with Gasteiger partial charge in [0.05, 0.1) is 6.54 Å². The third-order valence-electron chi connectivity index (χ3n) is 6.25. The molecule has 0 aliphatic heterocycles. The molecule has 6 nitrogen and oxygen atoms in total. The summed E-state index contributed by atoms with van der Waals surface area (Å²) in [7, 11) is 0. The van der Waals surface area contributed by atoms with Crippen molar-refractivity contribution in [1.29, 1.82) is 0 Å². The van der Waals surface area contributed by atoms with E-state index in [0.717, 1.165) is 25.3 Å². The number of hydrogen-bond acceptors (Lipinski definition) is 3. The maximum absolute atomic E-state index is 12.2. The van der Waals surface area contributed by atoms with E-state index in [1.54, 1.807) is 0 Å². The molecule has 0 bridgehead atoms. The molecule has 0 aromatic heterocycles. The Labute approximate surface area is 151 Å². The minimum atomic E-state index is -0.790. The molecule has 2 saturated carbocycles. The van der Waals surface area contributed by atoms with Crippen LogP contribution in [0.15, 0.2) is 0 Å². The van der Waals surface area contributed by atoms with Crippen molar-refractivity contribution in [3.05, 3.63) is 0 Å². The van der Waals surface area contributed by atoms with Gasteiger partial charge < -0.3 is 15.7 Å². The fourth-order valence-electron chi connectivity index (χ4n) is 4.31. The van der Waals surface area contributed by atoms with E-state index in [0.29, 0.717) is 5.92 Å². The monoisotopic (exact) mass is 353 g/mol. The Kier molecular flexibility index (Phi) is 7.54. The van der Waals surface area contributed by atoms with Crippen molar-refractivity contribution in [2.24, 2.45) is 11.8 Å². The molecular formula is C19H35N3O3. The van der Waals surface area contributed by atoms with Crippen molar-refractivity contribution in [3.63, 3.8) is 0 Å². The van der Waals surface area contributed by atoms with Crippen LogP contribution in [-0.2, 0) is 4.79 Å². The SMILES string of the molecule is CCN(CC(=O)O)C1CC(NC(=O)NC(C)C(C)C2CCCCC2)C1. The zero-order chi connectivity index (χ0) is 18.4. The number of carboxylic acids is 1. The van der Waals surface area contributed by atoms with E-state index in [2.05, 4.69) is 24.5 Å². The lowest BCUT2D eigenvalue weighted by Gasteiger charge is -2.42. The lowest BCUT2D eigenvalue weighted by Crippen LogP contribution is -2.57. The number of carboxylic acid groups (broad SMARTS) is 1. The Morgan fingerprint density at radius 3 is 2.36 bits per heavy atom. The molecule has 0 spiro atoms. The minimum absolute atomic E-state index is 0.0794. The summed E-state index contributed by atoms with van der Waals surface area (Å²) in [6, 6.07) is 0.521. The summed E-state index contributed by atoms with van der Waals surface area (Å²) in [5.74, 6) is 0.444. The van der Waals surface area contributed by atoms with Gasteiger partial charge in [-0.15, -0.1) is 0 Å². The minimum Gasteiger partial charge on any atom is -0.480 e. The molecule has 2 amide bonds. The molecule has 144 valence electrons. The first-order chi connectivity index (χ1) is 11.9. The summed E-state index contributed by atoms with van der Waals surface area (Å²) < 4.78 is 0. The summed E-state index contributed by atoms with van der Waals surface area (Å²) in [4.78, 5) is 25.1. The number of nitrogens with zero attached hydrogens (tertiary/aromatic N) is 1. The summed E-state index contributed by atoms with van der Waals surface area (Å²) in [5.41, 5.74) is 0. The molecule has 0 radical (unpaired) electrons. The number of carbonyl (C=O) groups excluding carboxylic acids is 1. The molecule has 2 atom stereocenters. The predicted molar refractivity (Wildman–Crippen MR) is 98.6 cm³/mol. The average molecular weight is 354 g/mol. The number of rotatable bonds is 8. The van der Waals surface area contributed by atoms with Crippen LogP contribution in [0.3, 0.4) is 0 Å². The van der Waals surface area contributed by atoms with E-state index in [1.807, 2.05) is 11.8 Å². The van der Waals surface area contributed by atoms with Crippen molar-refractivity contribution in [2.75, 3.05) is 13.1 Å². The molecule has 6 heteroatoms. The van der Waals surface area contributed by atoms with Crippen LogP contribution in [-0.4, -0.2) is 53.2 Å². The van der Waals surface area contributed by atoms with Crippen LogP contribution < -0.4 is 10.6 Å². The second-order valence-corrected chi connectivity index (χ2v) is 7.94. The summed E-state index contributed by atoms with van der Waals surface area (Å²) in [6.45, 7) is 7.14. The molecule has 2 rings (SSSR count). The van der Waals surface area contributed by atoms with E-state index in [9.17, 15) is 9.59 Å². The van der Waals surface area contributed by atoms with Gasteiger partial charge in [-0.2, -0.15) is 0 Å². The maximum atomic E-state index is 12.2. The molecule has 2 aliphatic rings. The van der Waals surface area contributed by atoms with Gasteiger partial charge in [-0.25, -0.2) is 4.79 Å². The molecule has 2 unspecified atom stereocenters. The highest BCUT2D eigenvalue weighted by Gasteiger charge is 2.35. The highest BCUT2D eigenvalue weighted by atomic mass is 16.4. The quantitative estimate of drug-likeness (QED) is 0.627. The van der Waals surface area contributed by atoms with Crippen LogP contribution in [0.4, 0.5) is 4.79 Å². The van der Waals surface area contributed by atoms with E-state index >= 15 is 0 Å². The smallest absolute Gasteiger partial charge is 0.317 e. The lowest BCUT2D eigenvalue weighted by molar-refractivity contribution is -0.139.